The number of rotatable bonds is 10. The summed E-state index contributed by atoms with van der Waals surface area (Å²) in [6, 6.07) is 8.13. The molecule has 1 heterocycles. The second kappa shape index (κ2) is 8.97. The number of nitrogens with one attached hydrogen (secondary N) is 1. The highest BCUT2D eigenvalue weighted by Crippen LogP contribution is 2.17. The van der Waals surface area contributed by atoms with Gasteiger partial charge >= 0.3 is 0 Å². The summed E-state index contributed by atoms with van der Waals surface area (Å²) in [5.74, 6) is 0.934. The van der Waals surface area contributed by atoms with E-state index in [2.05, 4.69) is 27.5 Å². The number of aromatic nitrogens is 2. The molecule has 0 spiro atoms. The molecule has 0 aliphatic carbocycles. The van der Waals surface area contributed by atoms with Crippen molar-refractivity contribution in [2.45, 2.75) is 25.9 Å². The molecule has 0 atom stereocenters. The third-order valence-electron chi connectivity index (χ3n) is 3.22. The lowest BCUT2D eigenvalue weighted by Crippen LogP contribution is -2.16. The fourth-order valence-corrected chi connectivity index (χ4v) is 2.13. The Morgan fingerprint density at radius 1 is 1.29 bits per heavy atom. The van der Waals surface area contributed by atoms with E-state index in [0.717, 1.165) is 38.2 Å². The number of para-hydroxylation sites is 1. The highest BCUT2D eigenvalue weighted by Gasteiger charge is 2.01. The van der Waals surface area contributed by atoms with Crippen molar-refractivity contribution in [1.82, 2.24) is 14.9 Å². The van der Waals surface area contributed by atoms with Crippen molar-refractivity contribution in [2.75, 3.05) is 13.2 Å². The molecule has 0 amide bonds. The summed E-state index contributed by atoms with van der Waals surface area (Å²) < 4.78 is 7.75. The van der Waals surface area contributed by atoms with Gasteiger partial charge in [0.15, 0.2) is 0 Å². The smallest absolute Gasteiger partial charge is 0.124 e. The summed E-state index contributed by atoms with van der Waals surface area (Å²) in [5.41, 5.74) is 1.19. The highest BCUT2D eigenvalue weighted by atomic mass is 16.5. The SMILES string of the molecule is C=CCOc1ccccc1CNCCCCn1ccnc1. The van der Waals surface area contributed by atoms with Gasteiger partial charge in [-0.05, 0) is 25.5 Å². The van der Waals surface area contributed by atoms with Gasteiger partial charge in [0.2, 0.25) is 0 Å². The lowest BCUT2D eigenvalue weighted by Gasteiger charge is -2.11. The number of imidazole rings is 1. The van der Waals surface area contributed by atoms with Crippen molar-refractivity contribution in [3.05, 3.63) is 61.2 Å². The molecule has 2 rings (SSSR count). The Labute approximate surface area is 126 Å². The quantitative estimate of drug-likeness (QED) is 0.539. The van der Waals surface area contributed by atoms with Crippen LogP contribution in [0, 0.1) is 0 Å². The van der Waals surface area contributed by atoms with Crippen LogP contribution in [0.1, 0.15) is 18.4 Å². The lowest BCUT2D eigenvalue weighted by molar-refractivity contribution is 0.357. The summed E-state index contributed by atoms with van der Waals surface area (Å²) in [7, 11) is 0. The molecule has 4 heteroatoms. The minimum Gasteiger partial charge on any atom is -0.489 e. The minimum absolute atomic E-state index is 0.544. The number of hydrogen-bond acceptors (Lipinski definition) is 3. The molecule has 0 radical (unpaired) electrons. The molecule has 1 aromatic heterocycles. The zero-order valence-corrected chi connectivity index (χ0v) is 12.4. The van der Waals surface area contributed by atoms with Crippen molar-refractivity contribution in [2.24, 2.45) is 0 Å². The molecule has 0 aliphatic heterocycles. The molecule has 4 nitrogen and oxygen atoms in total. The zero-order chi connectivity index (χ0) is 14.8. The third-order valence-corrected chi connectivity index (χ3v) is 3.22. The first kappa shape index (κ1) is 15.3. The Morgan fingerprint density at radius 2 is 2.19 bits per heavy atom. The number of aryl methyl sites for hydroxylation is 1. The molecular formula is C17H23N3O. The van der Waals surface area contributed by atoms with E-state index in [0.29, 0.717) is 6.61 Å². The normalized spacial score (nSPS) is 10.5. The van der Waals surface area contributed by atoms with Crippen LogP contribution in [0.2, 0.25) is 0 Å². The van der Waals surface area contributed by atoms with Crippen LogP contribution in [0.3, 0.4) is 0 Å². The van der Waals surface area contributed by atoms with E-state index in [1.54, 1.807) is 6.08 Å². The Hall–Kier alpha value is -2.07. The van der Waals surface area contributed by atoms with Gasteiger partial charge < -0.3 is 14.6 Å². The number of unbranched alkanes of at least 4 members (excludes halogenated alkanes) is 1. The summed E-state index contributed by atoms with van der Waals surface area (Å²) >= 11 is 0. The lowest BCUT2D eigenvalue weighted by atomic mass is 10.2. The first-order valence-corrected chi connectivity index (χ1v) is 7.38. The van der Waals surface area contributed by atoms with Crippen LogP contribution < -0.4 is 10.1 Å². The summed E-state index contributed by atoms with van der Waals surface area (Å²) in [4.78, 5) is 4.04. The van der Waals surface area contributed by atoms with Crippen LogP contribution >= 0.6 is 0 Å². The van der Waals surface area contributed by atoms with E-state index in [1.165, 1.54) is 5.56 Å². The van der Waals surface area contributed by atoms with Crippen molar-refractivity contribution in [1.29, 1.82) is 0 Å². The van der Waals surface area contributed by atoms with E-state index in [4.69, 9.17) is 4.74 Å². The zero-order valence-electron chi connectivity index (χ0n) is 12.4. The van der Waals surface area contributed by atoms with Crippen LogP contribution in [0.15, 0.2) is 55.6 Å². The largest absolute Gasteiger partial charge is 0.489 e. The minimum atomic E-state index is 0.544. The number of hydrogen-bond donors (Lipinski definition) is 1. The molecule has 0 fully saturated rings. The van der Waals surface area contributed by atoms with Gasteiger partial charge in [-0.2, -0.15) is 0 Å². The van der Waals surface area contributed by atoms with Gasteiger partial charge in [0, 0.05) is 31.0 Å². The van der Waals surface area contributed by atoms with Crippen LogP contribution in [0.5, 0.6) is 5.75 Å². The fraction of sp³-hybridized carbons (Fsp3) is 0.353. The Balaban J connectivity index is 1.65. The van der Waals surface area contributed by atoms with Crippen LogP contribution in [-0.4, -0.2) is 22.7 Å². The molecule has 0 bridgehead atoms. The second-order valence-corrected chi connectivity index (χ2v) is 4.89. The topological polar surface area (TPSA) is 39.1 Å². The molecule has 0 aliphatic rings. The van der Waals surface area contributed by atoms with Crippen LogP contribution in [-0.2, 0) is 13.1 Å². The average Bonchev–Trinajstić information content (AvgIpc) is 3.03. The average molecular weight is 285 g/mol. The van der Waals surface area contributed by atoms with Gasteiger partial charge in [-0.15, -0.1) is 0 Å². The fourth-order valence-electron chi connectivity index (χ4n) is 2.13. The second-order valence-electron chi connectivity index (χ2n) is 4.89. The molecule has 0 saturated heterocycles. The molecule has 0 unspecified atom stereocenters. The van der Waals surface area contributed by atoms with Gasteiger partial charge in [-0.3, -0.25) is 0 Å². The van der Waals surface area contributed by atoms with E-state index >= 15 is 0 Å². The number of nitrogens with zero attached hydrogens (tertiary/aromatic N) is 2. The van der Waals surface area contributed by atoms with Crippen molar-refractivity contribution in [3.63, 3.8) is 0 Å². The first-order chi connectivity index (χ1) is 10.4. The van der Waals surface area contributed by atoms with Gasteiger partial charge in [-0.25, -0.2) is 4.98 Å². The molecular weight excluding hydrogens is 262 g/mol. The maximum absolute atomic E-state index is 5.65. The Bertz CT molecular complexity index is 523. The summed E-state index contributed by atoms with van der Waals surface area (Å²) in [5, 5.41) is 3.47. The molecule has 21 heavy (non-hydrogen) atoms. The van der Waals surface area contributed by atoms with Crippen molar-refractivity contribution in [3.8, 4) is 5.75 Å². The van der Waals surface area contributed by atoms with E-state index < -0.39 is 0 Å². The highest BCUT2D eigenvalue weighted by molar-refractivity contribution is 5.33. The third kappa shape index (κ3) is 5.44. The summed E-state index contributed by atoms with van der Waals surface area (Å²) in [6.07, 6.45) is 9.74. The predicted octanol–water partition coefficient (Wildman–Crippen LogP) is 3.02. The maximum Gasteiger partial charge on any atom is 0.124 e. The van der Waals surface area contributed by atoms with Gasteiger partial charge in [-0.1, -0.05) is 30.9 Å². The molecule has 0 saturated carbocycles. The van der Waals surface area contributed by atoms with E-state index in [-0.39, 0.29) is 0 Å². The van der Waals surface area contributed by atoms with E-state index in [9.17, 15) is 0 Å². The Kier molecular flexibility index (Phi) is 6.55. The standard InChI is InChI=1S/C17H23N3O/c1-2-13-21-17-8-4-3-7-16(17)14-18-9-5-6-11-20-12-10-19-15-20/h2-4,7-8,10,12,15,18H,1,5-6,9,11,13-14H2. The monoisotopic (exact) mass is 285 g/mol. The summed E-state index contributed by atoms with van der Waals surface area (Å²) in [6.45, 7) is 7.08. The maximum atomic E-state index is 5.65. The van der Waals surface area contributed by atoms with Gasteiger partial charge in [0.1, 0.15) is 12.4 Å². The molecule has 2 aromatic rings. The predicted molar refractivity (Wildman–Crippen MR) is 85.3 cm³/mol. The van der Waals surface area contributed by atoms with Crippen molar-refractivity contribution < 1.29 is 4.74 Å². The van der Waals surface area contributed by atoms with Gasteiger partial charge in [0.05, 0.1) is 6.33 Å². The van der Waals surface area contributed by atoms with Crippen LogP contribution in [0.25, 0.3) is 0 Å². The number of benzene rings is 1. The van der Waals surface area contributed by atoms with E-state index in [1.807, 2.05) is 36.9 Å². The number of ether oxygens (including phenoxy) is 1. The molecule has 1 N–H and O–H groups in total. The molecule has 112 valence electrons. The Morgan fingerprint density at radius 3 is 3.00 bits per heavy atom. The van der Waals surface area contributed by atoms with Crippen molar-refractivity contribution >= 4 is 0 Å². The van der Waals surface area contributed by atoms with Crippen LogP contribution in [0.4, 0.5) is 0 Å². The van der Waals surface area contributed by atoms with Gasteiger partial charge in [0.25, 0.3) is 0 Å². The first-order valence-electron chi connectivity index (χ1n) is 7.38. The molecule has 1 aromatic carbocycles.